The number of rotatable bonds is 6. The van der Waals surface area contributed by atoms with Gasteiger partial charge in [-0.05, 0) is 26.5 Å². The first-order chi connectivity index (χ1) is 14.8. The summed E-state index contributed by atoms with van der Waals surface area (Å²) in [6.07, 6.45) is 0. The van der Waals surface area contributed by atoms with Gasteiger partial charge in [0.15, 0.2) is 5.69 Å². The summed E-state index contributed by atoms with van der Waals surface area (Å²) in [5.41, 5.74) is 2.63. The van der Waals surface area contributed by atoms with Crippen molar-refractivity contribution < 1.29 is 20.0 Å². The van der Waals surface area contributed by atoms with Gasteiger partial charge in [0.2, 0.25) is 0 Å². The number of benzene rings is 1. The van der Waals surface area contributed by atoms with Gasteiger partial charge in [-0.1, -0.05) is 12.1 Å². The number of carbonyl (C=O) groups is 1. The molecule has 2 aliphatic rings. The van der Waals surface area contributed by atoms with Crippen LogP contribution >= 0.6 is 0 Å². The van der Waals surface area contributed by atoms with Crippen LogP contribution in [0.5, 0.6) is 0 Å². The number of nitrogens with zero attached hydrogens (tertiary/aromatic N) is 3. The zero-order valence-corrected chi connectivity index (χ0v) is 18.1. The first kappa shape index (κ1) is 22.9. The second kappa shape index (κ2) is 10.0. The third kappa shape index (κ3) is 5.31. The van der Waals surface area contributed by atoms with E-state index in [0.29, 0.717) is 34.6 Å². The minimum atomic E-state index is -1.06. The van der Waals surface area contributed by atoms with Gasteiger partial charge in [0.1, 0.15) is 6.61 Å². The lowest BCUT2D eigenvalue weighted by Crippen LogP contribution is -2.99. The molecule has 0 spiro atoms. The van der Waals surface area contributed by atoms with Gasteiger partial charge in [-0.25, -0.2) is 10.0 Å². The molecule has 31 heavy (non-hydrogen) atoms. The molecule has 0 bridgehead atoms. The smallest absolute Gasteiger partial charge is 0.336 e. The van der Waals surface area contributed by atoms with Gasteiger partial charge in [-0.15, -0.1) is 0 Å². The maximum atomic E-state index is 13.1. The predicted octanol–water partition coefficient (Wildman–Crippen LogP) is 0.639. The molecule has 9 nitrogen and oxygen atoms in total. The van der Waals surface area contributed by atoms with Crippen LogP contribution in [0.2, 0.25) is 0 Å². The lowest BCUT2D eigenvalue weighted by atomic mass is 9.81. The van der Waals surface area contributed by atoms with Crippen molar-refractivity contribution in [3.8, 4) is 6.07 Å². The molecule has 1 saturated heterocycles. The fourth-order valence-electron chi connectivity index (χ4n) is 4.01. The van der Waals surface area contributed by atoms with E-state index in [0.717, 1.165) is 26.2 Å². The molecular weight excluding hydrogens is 398 g/mol. The van der Waals surface area contributed by atoms with Crippen LogP contribution in [0.25, 0.3) is 0 Å². The molecule has 0 radical (unpaired) electrons. The van der Waals surface area contributed by atoms with Crippen molar-refractivity contribution in [3.63, 3.8) is 0 Å². The Hall–Kier alpha value is -2.74. The van der Waals surface area contributed by atoms with Gasteiger partial charge in [0.25, 0.3) is 0 Å². The van der Waals surface area contributed by atoms with Gasteiger partial charge < -0.3 is 20.2 Å². The summed E-state index contributed by atoms with van der Waals surface area (Å²) < 4.78 is 5.60. The van der Waals surface area contributed by atoms with E-state index in [1.807, 2.05) is 0 Å². The van der Waals surface area contributed by atoms with E-state index in [1.54, 1.807) is 26.0 Å². The second-order valence-corrected chi connectivity index (χ2v) is 7.96. The molecule has 1 aromatic carbocycles. The quantitative estimate of drug-likeness (QED) is 0.447. The third-order valence-electron chi connectivity index (χ3n) is 5.80. The Kier molecular flexibility index (Phi) is 7.43. The highest BCUT2D eigenvalue weighted by molar-refractivity contribution is 5.93. The largest absolute Gasteiger partial charge is 0.595 e. The highest BCUT2D eigenvalue weighted by atomic mass is 16.8. The fraction of sp³-hybridized carbons (Fsp3) is 0.455. The fourth-order valence-corrected chi connectivity index (χ4v) is 4.01. The summed E-state index contributed by atoms with van der Waals surface area (Å²) >= 11 is 0. The number of hydrogen-bond acceptors (Lipinski definition) is 8. The first-order valence-corrected chi connectivity index (χ1v) is 10.3. The highest BCUT2D eigenvalue weighted by Gasteiger charge is 2.34. The molecule has 0 amide bonds. The van der Waals surface area contributed by atoms with Crippen molar-refractivity contribution in [1.29, 1.82) is 5.26 Å². The molecule has 0 aliphatic carbocycles. The van der Waals surface area contributed by atoms with Crippen molar-refractivity contribution in [2.45, 2.75) is 19.8 Å². The number of nitriles is 1. The van der Waals surface area contributed by atoms with Crippen LogP contribution in [0.1, 0.15) is 25.3 Å². The molecule has 0 saturated carbocycles. The van der Waals surface area contributed by atoms with Crippen molar-refractivity contribution in [3.05, 3.63) is 57.6 Å². The van der Waals surface area contributed by atoms with Crippen LogP contribution in [-0.2, 0) is 9.53 Å². The normalized spacial score (nSPS) is 21.5. The van der Waals surface area contributed by atoms with Crippen LogP contribution in [0.15, 0.2) is 46.8 Å². The molecule has 9 heteroatoms. The molecule has 3 N–H and O–H groups in total. The van der Waals surface area contributed by atoms with Crippen LogP contribution in [-0.4, -0.2) is 67.4 Å². The monoisotopic (exact) mass is 427 g/mol. The summed E-state index contributed by atoms with van der Waals surface area (Å²) in [7, 11) is 2.09. The summed E-state index contributed by atoms with van der Waals surface area (Å²) in [6.45, 7) is 8.28. The van der Waals surface area contributed by atoms with E-state index in [1.165, 1.54) is 12.1 Å². The zero-order chi connectivity index (χ0) is 22.5. The number of esters is 1. The Balaban J connectivity index is 1.81. The minimum absolute atomic E-state index is 0.103. The van der Waals surface area contributed by atoms with Gasteiger partial charge in [-0.2, -0.15) is 10.5 Å². The molecule has 2 aliphatic heterocycles. The van der Waals surface area contributed by atoms with Gasteiger partial charge in [-0.3, -0.25) is 4.90 Å². The molecule has 1 fully saturated rings. The van der Waals surface area contributed by atoms with E-state index in [4.69, 9.17) is 4.74 Å². The maximum Gasteiger partial charge on any atom is 0.336 e. The second-order valence-electron chi connectivity index (χ2n) is 7.96. The molecule has 2 heterocycles. The van der Waals surface area contributed by atoms with E-state index < -0.39 is 17.1 Å². The summed E-state index contributed by atoms with van der Waals surface area (Å²) in [6, 6.07) is 8.53. The number of allylic oxidation sites excluding steroid dienone is 3. The highest BCUT2D eigenvalue weighted by Crippen LogP contribution is 2.38. The molecular formula is C22H29N5O4. The summed E-state index contributed by atoms with van der Waals surface area (Å²) in [5.74, 6) is -1.17. The van der Waals surface area contributed by atoms with Crippen LogP contribution in [0.3, 0.4) is 0 Å². The van der Waals surface area contributed by atoms with Crippen molar-refractivity contribution in [1.82, 2.24) is 15.1 Å². The number of likely N-dealkylation sites (N-methyl/N-ethyl adjacent to an activating group) is 1. The zero-order valence-electron chi connectivity index (χ0n) is 18.1. The average Bonchev–Trinajstić information content (AvgIpc) is 2.74. The van der Waals surface area contributed by atoms with Gasteiger partial charge in [0.05, 0.1) is 23.1 Å². The molecule has 2 atom stereocenters. The first-order valence-electron chi connectivity index (χ1n) is 10.3. The van der Waals surface area contributed by atoms with Crippen molar-refractivity contribution in [2.75, 3.05) is 46.4 Å². The number of carbonyl (C=O) groups excluding carboxylic acids is 1. The third-order valence-corrected chi connectivity index (χ3v) is 5.80. The Labute approximate surface area is 182 Å². The SMILES string of the molecule is CC1=C(C#N)[C@H](c2cccc([NH+]([O-])O)c2)C(C(=O)OCCN2CCN(C)CC2)=C(C)N1. The number of nitrogens with one attached hydrogen (secondary N) is 2. The van der Waals surface area contributed by atoms with E-state index in [9.17, 15) is 20.5 Å². The van der Waals surface area contributed by atoms with Crippen LogP contribution in [0.4, 0.5) is 5.69 Å². The number of piperazine rings is 1. The Morgan fingerprint density at radius 1 is 1.32 bits per heavy atom. The van der Waals surface area contributed by atoms with Crippen LogP contribution in [0, 0.1) is 16.5 Å². The number of hydrogen-bond donors (Lipinski definition) is 3. The lowest BCUT2D eigenvalue weighted by molar-refractivity contribution is -0.991. The van der Waals surface area contributed by atoms with Crippen molar-refractivity contribution in [2.24, 2.45) is 0 Å². The molecule has 166 valence electrons. The number of ether oxygens (including phenoxy) is 1. The lowest BCUT2D eigenvalue weighted by Gasteiger charge is -2.32. The predicted molar refractivity (Wildman–Crippen MR) is 114 cm³/mol. The Morgan fingerprint density at radius 3 is 2.68 bits per heavy atom. The molecule has 3 rings (SSSR count). The summed E-state index contributed by atoms with van der Waals surface area (Å²) in [5, 5.41) is 32.6. The summed E-state index contributed by atoms with van der Waals surface area (Å²) in [4.78, 5) is 17.6. The van der Waals surface area contributed by atoms with Crippen LogP contribution < -0.4 is 10.5 Å². The van der Waals surface area contributed by atoms with E-state index >= 15 is 0 Å². The molecule has 1 unspecified atom stereocenters. The number of dihydropyridines is 1. The van der Waals surface area contributed by atoms with Gasteiger partial charge in [0, 0.05) is 56.3 Å². The van der Waals surface area contributed by atoms with E-state index in [-0.39, 0.29) is 12.3 Å². The minimum Gasteiger partial charge on any atom is -0.595 e. The Bertz CT molecular complexity index is 926. The van der Waals surface area contributed by atoms with Gasteiger partial charge >= 0.3 is 5.97 Å². The average molecular weight is 428 g/mol. The standard InChI is InChI=1S/C22H29N5O4/c1-15-19(14-23)21(17-5-4-6-18(13-17)27(29)30)20(16(2)24-15)22(28)31-12-11-26-9-7-25(3)8-10-26/h4-6,13,21,24,27,29H,7-12H2,1-3H3/t21-/m0/s1. The van der Waals surface area contributed by atoms with E-state index in [2.05, 4.69) is 28.2 Å². The number of quaternary nitrogens is 1. The topological polar surface area (TPSA) is 116 Å². The Morgan fingerprint density at radius 2 is 2.03 bits per heavy atom. The van der Waals surface area contributed by atoms with Crippen molar-refractivity contribution >= 4 is 11.7 Å². The molecule has 1 aromatic rings. The maximum absolute atomic E-state index is 13.1. The molecule has 0 aromatic heterocycles.